The fraction of sp³-hybridized carbons (Fsp3) is 0.514. The first-order valence-corrected chi connectivity index (χ1v) is 16.6. The Morgan fingerprint density at radius 1 is 0.739 bits per heavy atom. The fourth-order valence-corrected chi connectivity index (χ4v) is 6.51. The quantitative estimate of drug-likeness (QED) is 0.368. The number of ether oxygens (including phenoxy) is 2. The number of morpholine rings is 2. The average Bonchev–Trinajstić information content (AvgIpc) is 3.05. The summed E-state index contributed by atoms with van der Waals surface area (Å²) in [6.07, 6.45) is 1.47. The van der Waals surface area contributed by atoms with Gasteiger partial charge in [0.15, 0.2) is 5.82 Å². The number of carbonyl (C=O) groups is 1. The Hall–Kier alpha value is -3.93. The molecule has 0 saturated carbocycles. The molecular weight excluding hydrogens is 580 g/mol. The van der Waals surface area contributed by atoms with E-state index in [2.05, 4.69) is 83.2 Å². The van der Waals surface area contributed by atoms with Crippen LogP contribution >= 0.6 is 0 Å². The standard InChI is InChI=1S/C35H48N8O3/c1-6-31-23-43(22-26(4)46-31)33-19-32(42-20-24(2)45-25(3)21-42)38-34(39-33)27-7-9-28(10-8-27)36-35(44)37-29-11-13-30(14-12-29)41-17-15-40(5)16-18-41/h7-14,19,24-26,31H,6,15-18,20-23H2,1-5H3,(H2,36,37,44)/t24-,25+,26?,31?. The monoisotopic (exact) mass is 628 g/mol. The van der Waals surface area contributed by atoms with Crippen LogP contribution in [0, 0.1) is 0 Å². The second kappa shape index (κ2) is 14.2. The van der Waals surface area contributed by atoms with E-state index in [0.717, 1.165) is 81.7 Å². The van der Waals surface area contributed by atoms with Crippen LogP contribution in [0.25, 0.3) is 11.4 Å². The summed E-state index contributed by atoms with van der Waals surface area (Å²) in [7, 11) is 2.15. The van der Waals surface area contributed by atoms with Gasteiger partial charge in [0.2, 0.25) is 0 Å². The number of piperazine rings is 1. The SMILES string of the molecule is CCC1CN(c2cc(N3C[C@@H](C)O[C@@H](C)C3)nc(-c3ccc(NC(=O)Nc4ccc(N5CCN(C)CC5)cc4)cc3)n2)CC(C)O1. The molecule has 11 nitrogen and oxygen atoms in total. The number of benzene rings is 2. The summed E-state index contributed by atoms with van der Waals surface area (Å²) in [5.41, 5.74) is 3.50. The van der Waals surface area contributed by atoms with Gasteiger partial charge in [0, 0.05) is 81.1 Å². The molecule has 2 unspecified atom stereocenters. The van der Waals surface area contributed by atoms with Gasteiger partial charge in [0.1, 0.15) is 11.6 Å². The maximum Gasteiger partial charge on any atom is 0.323 e. The van der Waals surface area contributed by atoms with Gasteiger partial charge >= 0.3 is 6.03 Å². The van der Waals surface area contributed by atoms with Gasteiger partial charge < -0.3 is 39.7 Å². The van der Waals surface area contributed by atoms with Crippen LogP contribution < -0.4 is 25.3 Å². The first kappa shape index (κ1) is 32.0. The summed E-state index contributed by atoms with van der Waals surface area (Å²) < 4.78 is 12.1. The van der Waals surface area contributed by atoms with Gasteiger partial charge in [-0.15, -0.1) is 0 Å². The Morgan fingerprint density at radius 3 is 1.83 bits per heavy atom. The van der Waals surface area contributed by atoms with Crippen LogP contribution in [0.15, 0.2) is 54.6 Å². The molecule has 3 aliphatic heterocycles. The second-order valence-corrected chi connectivity index (χ2v) is 12.9. The molecule has 0 bridgehead atoms. The van der Waals surface area contributed by atoms with Crippen LogP contribution in [-0.2, 0) is 9.47 Å². The highest BCUT2D eigenvalue weighted by Crippen LogP contribution is 2.29. The van der Waals surface area contributed by atoms with Crippen molar-refractivity contribution in [1.29, 1.82) is 0 Å². The molecule has 0 spiro atoms. The zero-order valence-corrected chi connectivity index (χ0v) is 27.8. The Kier molecular flexibility index (Phi) is 9.91. The van der Waals surface area contributed by atoms with Crippen molar-refractivity contribution < 1.29 is 14.3 Å². The molecule has 0 aliphatic carbocycles. The Morgan fingerprint density at radius 2 is 1.26 bits per heavy atom. The smallest absolute Gasteiger partial charge is 0.323 e. The molecule has 6 rings (SSSR count). The van der Waals surface area contributed by atoms with Crippen molar-refractivity contribution in [1.82, 2.24) is 14.9 Å². The van der Waals surface area contributed by atoms with Crippen LogP contribution in [0.1, 0.15) is 34.1 Å². The van der Waals surface area contributed by atoms with Crippen LogP contribution in [0.4, 0.5) is 33.5 Å². The predicted molar refractivity (Wildman–Crippen MR) is 185 cm³/mol. The lowest BCUT2D eigenvalue weighted by atomic mass is 10.1. The third-order valence-electron chi connectivity index (χ3n) is 8.94. The predicted octanol–water partition coefficient (Wildman–Crippen LogP) is 5.16. The third kappa shape index (κ3) is 7.89. The van der Waals surface area contributed by atoms with E-state index in [4.69, 9.17) is 19.4 Å². The molecule has 11 heteroatoms. The molecule has 3 fully saturated rings. The minimum atomic E-state index is -0.289. The molecule has 3 aliphatic rings. The van der Waals surface area contributed by atoms with E-state index in [1.165, 1.54) is 5.69 Å². The van der Waals surface area contributed by atoms with Gasteiger partial charge in [-0.3, -0.25) is 0 Å². The first-order chi connectivity index (χ1) is 22.2. The van der Waals surface area contributed by atoms with E-state index < -0.39 is 0 Å². The maximum absolute atomic E-state index is 12.8. The van der Waals surface area contributed by atoms with Gasteiger partial charge in [-0.25, -0.2) is 14.8 Å². The minimum absolute atomic E-state index is 0.116. The third-order valence-corrected chi connectivity index (χ3v) is 8.94. The molecular formula is C35H48N8O3. The summed E-state index contributed by atoms with van der Waals surface area (Å²) in [4.78, 5) is 32.3. The first-order valence-electron chi connectivity index (χ1n) is 16.6. The fourth-order valence-electron chi connectivity index (χ4n) is 6.51. The van der Waals surface area contributed by atoms with Gasteiger partial charge in [0.05, 0.1) is 24.4 Å². The van der Waals surface area contributed by atoms with E-state index in [-0.39, 0.29) is 30.4 Å². The number of hydrogen-bond acceptors (Lipinski definition) is 9. The summed E-state index contributed by atoms with van der Waals surface area (Å²) in [5, 5.41) is 5.90. The summed E-state index contributed by atoms with van der Waals surface area (Å²) in [5.74, 6) is 2.46. The number of likely N-dealkylation sites (N-methyl/N-ethyl adjacent to an activating group) is 1. The van der Waals surface area contributed by atoms with Crippen LogP contribution in [0.5, 0.6) is 0 Å². The van der Waals surface area contributed by atoms with E-state index in [1.807, 2.05) is 36.4 Å². The highest BCUT2D eigenvalue weighted by atomic mass is 16.5. The van der Waals surface area contributed by atoms with E-state index in [9.17, 15) is 4.79 Å². The van der Waals surface area contributed by atoms with Gasteiger partial charge in [-0.05, 0) is 82.8 Å². The zero-order chi connectivity index (χ0) is 32.2. The number of carbonyl (C=O) groups excluding carboxylic acids is 1. The lowest BCUT2D eigenvalue weighted by Crippen LogP contribution is -2.47. The minimum Gasteiger partial charge on any atom is -0.372 e. The van der Waals surface area contributed by atoms with Crippen molar-refractivity contribution in [2.45, 2.75) is 58.5 Å². The molecule has 4 heterocycles. The number of amides is 2. The summed E-state index contributed by atoms with van der Waals surface area (Å²) in [6, 6.07) is 17.6. The molecule has 46 heavy (non-hydrogen) atoms. The Balaban J connectivity index is 1.16. The highest BCUT2D eigenvalue weighted by molar-refractivity contribution is 6.00. The number of anilines is 5. The maximum atomic E-state index is 12.8. The number of urea groups is 1. The number of hydrogen-bond donors (Lipinski definition) is 2. The van der Waals surface area contributed by atoms with Gasteiger partial charge in [-0.1, -0.05) is 6.92 Å². The molecule has 3 saturated heterocycles. The number of aromatic nitrogens is 2. The van der Waals surface area contributed by atoms with E-state index in [0.29, 0.717) is 11.5 Å². The second-order valence-electron chi connectivity index (χ2n) is 12.9. The van der Waals surface area contributed by atoms with Crippen molar-refractivity contribution in [2.24, 2.45) is 0 Å². The lowest BCUT2D eigenvalue weighted by molar-refractivity contribution is -0.0174. The zero-order valence-electron chi connectivity index (χ0n) is 27.8. The van der Waals surface area contributed by atoms with Crippen LogP contribution in [0.2, 0.25) is 0 Å². The Bertz CT molecular complexity index is 1450. The molecule has 4 atom stereocenters. The molecule has 3 aromatic rings. The normalized spacial score (nSPS) is 24.2. The van der Waals surface area contributed by atoms with Crippen molar-refractivity contribution >= 4 is 34.7 Å². The van der Waals surface area contributed by atoms with E-state index >= 15 is 0 Å². The van der Waals surface area contributed by atoms with Crippen molar-refractivity contribution in [3.05, 3.63) is 54.6 Å². The molecule has 2 amide bonds. The average molecular weight is 629 g/mol. The Labute approximate surface area is 272 Å². The van der Waals surface area contributed by atoms with Crippen molar-refractivity contribution in [2.75, 3.05) is 84.7 Å². The topological polar surface area (TPSA) is 98.3 Å². The molecule has 1 aromatic heterocycles. The molecule has 0 radical (unpaired) electrons. The highest BCUT2D eigenvalue weighted by Gasteiger charge is 2.28. The largest absolute Gasteiger partial charge is 0.372 e. The summed E-state index contributed by atoms with van der Waals surface area (Å²) >= 11 is 0. The number of rotatable bonds is 7. The number of nitrogens with one attached hydrogen (secondary N) is 2. The lowest BCUT2D eigenvalue weighted by Gasteiger charge is -2.39. The van der Waals surface area contributed by atoms with Gasteiger partial charge in [0.25, 0.3) is 0 Å². The summed E-state index contributed by atoms with van der Waals surface area (Å²) in [6.45, 7) is 15.7. The number of nitrogens with zero attached hydrogens (tertiary/aromatic N) is 6. The van der Waals surface area contributed by atoms with Crippen LogP contribution in [-0.4, -0.2) is 105 Å². The van der Waals surface area contributed by atoms with E-state index in [1.54, 1.807) is 0 Å². The van der Waals surface area contributed by atoms with Crippen molar-refractivity contribution in [3.63, 3.8) is 0 Å². The molecule has 246 valence electrons. The molecule has 2 N–H and O–H groups in total. The van der Waals surface area contributed by atoms with Crippen molar-refractivity contribution in [3.8, 4) is 11.4 Å². The van der Waals surface area contributed by atoms with Gasteiger partial charge in [-0.2, -0.15) is 0 Å². The molecule has 2 aromatic carbocycles. The van der Waals surface area contributed by atoms with Crippen LogP contribution in [0.3, 0.4) is 0 Å².